The molecule has 0 bridgehead atoms. The molecule has 0 radical (unpaired) electrons. The number of aromatic nitrogens is 2. The van der Waals surface area contributed by atoms with Gasteiger partial charge in [-0.3, -0.25) is 14.4 Å². The predicted octanol–water partition coefficient (Wildman–Crippen LogP) is 2.33. The topological polar surface area (TPSA) is 104 Å². The number of amides is 2. The third-order valence-corrected chi connectivity index (χ3v) is 4.23. The van der Waals surface area contributed by atoms with Crippen LogP contribution in [0.4, 0.5) is 11.4 Å². The van der Waals surface area contributed by atoms with Gasteiger partial charge in [0, 0.05) is 29.6 Å². The molecule has 0 aliphatic carbocycles. The number of aromatic amines is 1. The number of carbonyl (C=O) groups is 2. The molecule has 0 fully saturated rings. The number of nitrogens with one attached hydrogen (secondary N) is 3. The highest BCUT2D eigenvalue weighted by molar-refractivity contribution is 7.99. The number of nitrogens with zero attached hydrogens (tertiary/aromatic N) is 1. The van der Waals surface area contributed by atoms with E-state index < -0.39 is 0 Å². The van der Waals surface area contributed by atoms with Crippen LogP contribution in [0.5, 0.6) is 0 Å². The van der Waals surface area contributed by atoms with Crippen LogP contribution in [0.1, 0.15) is 25.1 Å². The summed E-state index contributed by atoms with van der Waals surface area (Å²) in [4.78, 5) is 42.0. The summed E-state index contributed by atoms with van der Waals surface area (Å²) in [5.41, 5.74) is 2.35. The minimum atomic E-state index is -0.232. The second-order valence-corrected chi connectivity index (χ2v) is 6.35. The Labute approximate surface area is 149 Å². The van der Waals surface area contributed by atoms with Crippen LogP contribution in [0.15, 0.2) is 34.2 Å². The highest BCUT2D eigenvalue weighted by Gasteiger charge is 2.09. The molecule has 1 aromatic heterocycles. The van der Waals surface area contributed by atoms with Crippen molar-refractivity contribution in [3.63, 3.8) is 0 Å². The van der Waals surface area contributed by atoms with E-state index in [9.17, 15) is 14.4 Å². The number of anilines is 2. The average Bonchev–Trinajstić information content (AvgIpc) is 2.52. The number of aryl methyl sites for hydroxylation is 1. The van der Waals surface area contributed by atoms with Gasteiger partial charge in [0.2, 0.25) is 11.8 Å². The maximum atomic E-state index is 12.1. The zero-order valence-electron chi connectivity index (χ0n) is 14.3. The summed E-state index contributed by atoms with van der Waals surface area (Å²) in [6.07, 6.45) is 0.615. The normalized spacial score (nSPS) is 10.4. The van der Waals surface area contributed by atoms with Gasteiger partial charge in [-0.1, -0.05) is 24.8 Å². The number of carbonyl (C=O) groups excluding carboxylic acids is 2. The van der Waals surface area contributed by atoms with E-state index in [1.807, 2.05) is 6.92 Å². The molecule has 0 saturated carbocycles. The molecular weight excluding hydrogens is 340 g/mol. The van der Waals surface area contributed by atoms with Crippen molar-refractivity contribution in [1.82, 2.24) is 9.97 Å². The Morgan fingerprint density at radius 2 is 1.92 bits per heavy atom. The molecule has 3 N–H and O–H groups in total. The fourth-order valence-corrected chi connectivity index (χ4v) is 2.98. The molecule has 1 heterocycles. The largest absolute Gasteiger partial charge is 0.326 e. The van der Waals surface area contributed by atoms with Gasteiger partial charge >= 0.3 is 0 Å². The first-order valence-electron chi connectivity index (χ1n) is 7.79. The maximum absolute atomic E-state index is 12.1. The van der Waals surface area contributed by atoms with Gasteiger partial charge in [0.05, 0.1) is 5.75 Å². The molecular formula is C17H20N4O3S. The fourth-order valence-electron chi connectivity index (χ4n) is 2.28. The molecule has 7 nitrogen and oxygen atoms in total. The van der Waals surface area contributed by atoms with E-state index >= 15 is 0 Å². The Hall–Kier alpha value is -2.61. The molecule has 2 aromatic rings. The number of hydrogen-bond acceptors (Lipinski definition) is 5. The molecule has 25 heavy (non-hydrogen) atoms. The van der Waals surface area contributed by atoms with Crippen molar-refractivity contribution >= 4 is 35.0 Å². The van der Waals surface area contributed by atoms with E-state index in [0.29, 0.717) is 34.2 Å². The number of rotatable bonds is 6. The smallest absolute Gasteiger partial charge is 0.254 e. The van der Waals surface area contributed by atoms with Crippen LogP contribution < -0.4 is 16.2 Å². The molecule has 8 heteroatoms. The zero-order valence-corrected chi connectivity index (χ0v) is 15.1. The molecule has 2 amide bonds. The molecule has 0 saturated heterocycles. The third kappa shape index (κ3) is 5.46. The lowest BCUT2D eigenvalue weighted by atomic mass is 10.2. The minimum absolute atomic E-state index is 0.109. The van der Waals surface area contributed by atoms with Crippen LogP contribution in [0.2, 0.25) is 0 Å². The van der Waals surface area contributed by atoms with Crippen LogP contribution in [0.25, 0.3) is 0 Å². The van der Waals surface area contributed by atoms with Crippen molar-refractivity contribution in [3.8, 4) is 0 Å². The van der Waals surface area contributed by atoms with Gasteiger partial charge in [0.15, 0.2) is 5.16 Å². The average molecular weight is 360 g/mol. The summed E-state index contributed by atoms with van der Waals surface area (Å²) in [6.45, 7) is 5.10. The van der Waals surface area contributed by atoms with Crippen LogP contribution in [0, 0.1) is 6.92 Å². The van der Waals surface area contributed by atoms with Gasteiger partial charge in [0.25, 0.3) is 5.56 Å². The van der Waals surface area contributed by atoms with E-state index in [0.717, 1.165) is 11.8 Å². The molecule has 0 unspecified atom stereocenters. The van der Waals surface area contributed by atoms with Crippen molar-refractivity contribution in [2.24, 2.45) is 0 Å². The number of thioether (sulfide) groups is 1. The third-order valence-electron chi connectivity index (χ3n) is 3.36. The molecule has 0 aliphatic heterocycles. The van der Waals surface area contributed by atoms with Crippen molar-refractivity contribution < 1.29 is 9.59 Å². The first-order chi connectivity index (χ1) is 11.9. The Kier molecular flexibility index (Phi) is 6.35. The van der Waals surface area contributed by atoms with Gasteiger partial charge in [-0.25, -0.2) is 4.98 Å². The van der Waals surface area contributed by atoms with E-state index in [-0.39, 0.29) is 23.1 Å². The van der Waals surface area contributed by atoms with Crippen LogP contribution in [-0.2, 0) is 16.0 Å². The second kappa shape index (κ2) is 8.48. The van der Waals surface area contributed by atoms with Crippen LogP contribution >= 0.6 is 11.8 Å². The molecule has 0 aliphatic rings. The van der Waals surface area contributed by atoms with E-state index in [4.69, 9.17) is 0 Å². The monoisotopic (exact) mass is 360 g/mol. The standard InChI is InChI=1S/C17H20N4O3S/c1-4-14-10(2)18-17(21-16(14)24)25-9-15(23)20-13-7-5-6-12(8-13)19-11(3)22/h5-8H,4,9H2,1-3H3,(H,19,22)(H,20,23)(H,18,21,24). The SMILES string of the molecule is CCc1c(C)nc(SCC(=O)Nc2cccc(NC(C)=O)c2)[nH]c1=O. The lowest BCUT2D eigenvalue weighted by Crippen LogP contribution is -2.18. The highest BCUT2D eigenvalue weighted by atomic mass is 32.2. The first kappa shape index (κ1) is 18.7. The van der Waals surface area contributed by atoms with Gasteiger partial charge in [-0.05, 0) is 31.5 Å². The molecule has 1 aromatic carbocycles. The van der Waals surface area contributed by atoms with Crippen molar-refractivity contribution in [2.45, 2.75) is 32.3 Å². The van der Waals surface area contributed by atoms with Gasteiger partial charge in [-0.2, -0.15) is 0 Å². The van der Waals surface area contributed by atoms with E-state index in [1.54, 1.807) is 31.2 Å². The fraction of sp³-hybridized carbons (Fsp3) is 0.294. The van der Waals surface area contributed by atoms with Gasteiger partial charge < -0.3 is 15.6 Å². The highest BCUT2D eigenvalue weighted by Crippen LogP contribution is 2.17. The quantitative estimate of drug-likeness (QED) is 0.542. The molecule has 2 rings (SSSR count). The van der Waals surface area contributed by atoms with Crippen LogP contribution in [0.3, 0.4) is 0 Å². The predicted molar refractivity (Wildman–Crippen MR) is 99.1 cm³/mol. The number of hydrogen-bond donors (Lipinski definition) is 3. The number of H-pyrrole nitrogens is 1. The Morgan fingerprint density at radius 3 is 2.52 bits per heavy atom. The lowest BCUT2D eigenvalue weighted by Gasteiger charge is -2.08. The second-order valence-electron chi connectivity index (χ2n) is 5.39. The summed E-state index contributed by atoms with van der Waals surface area (Å²) < 4.78 is 0. The Balaban J connectivity index is 1.97. The molecule has 0 atom stereocenters. The first-order valence-corrected chi connectivity index (χ1v) is 8.77. The summed E-state index contributed by atoms with van der Waals surface area (Å²) in [5.74, 6) is -0.303. The van der Waals surface area contributed by atoms with Gasteiger partial charge in [-0.15, -0.1) is 0 Å². The summed E-state index contributed by atoms with van der Waals surface area (Å²) in [6, 6.07) is 6.87. The molecule has 0 spiro atoms. The minimum Gasteiger partial charge on any atom is -0.326 e. The Bertz CT molecular complexity index is 848. The lowest BCUT2D eigenvalue weighted by molar-refractivity contribution is -0.114. The van der Waals surface area contributed by atoms with Crippen LogP contribution in [-0.4, -0.2) is 27.5 Å². The van der Waals surface area contributed by atoms with Gasteiger partial charge in [0.1, 0.15) is 0 Å². The summed E-state index contributed by atoms with van der Waals surface area (Å²) in [7, 11) is 0. The Morgan fingerprint density at radius 1 is 1.24 bits per heavy atom. The van der Waals surface area contributed by atoms with Crippen molar-refractivity contribution in [1.29, 1.82) is 0 Å². The molecule has 132 valence electrons. The van der Waals surface area contributed by atoms with Crippen molar-refractivity contribution in [3.05, 3.63) is 45.9 Å². The number of benzene rings is 1. The maximum Gasteiger partial charge on any atom is 0.254 e. The summed E-state index contributed by atoms with van der Waals surface area (Å²) >= 11 is 1.16. The van der Waals surface area contributed by atoms with E-state index in [1.165, 1.54) is 6.92 Å². The zero-order chi connectivity index (χ0) is 18.4. The van der Waals surface area contributed by atoms with E-state index in [2.05, 4.69) is 20.6 Å². The summed E-state index contributed by atoms with van der Waals surface area (Å²) in [5, 5.41) is 5.82. The van der Waals surface area contributed by atoms with Crippen molar-refractivity contribution in [2.75, 3.05) is 16.4 Å².